The van der Waals surface area contributed by atoms with Crippen LogP contribution in [0.4, 0.5) is 5.13 Å². The summed E-state index contributed by atoms with van der Waals surface area (Å²) in [5, 5.41) is 1.17. The van der Waals surface area contributed by atoms with Crippen LogP contribution in [0.5, 0.6) is 0 Å². The van der Waals surface area contributed by atoms with Crippen LogP contribution in [0, 0.1) is 6.92 Å². The third-order valence-corrected chi connectivity index (χ3v) is 9.24. The van der Waals surface area contributed by atoms with Crippen molar-refractivity contribution >= 4 is 54.2 Å². The lowest BCUT2D eigenvalue weighted by Gasteiger charge is -2.22. The van der Waals surface area contributed by atoms with Gasteiger partial charge in [-0.25, -0.2) is 13.4 Å². The van der Waals surface area contributed by atoms with Crippen molar-refractivity contribution < 1.29 is 13.2 Å². The molecule has 0 atom stereocenters. The van der Waals surface area contributed by atoms with Crippen LogP contribution in [0.25, 0.3) is 10.2 Å². The predicted molar refractivity (Wildman–Crippen MR) is 134 cm³/mol. The quantitative estimate of drug-likeness (QED) is 0.456. The van der Waals surface area contributed by atoms with Gasteiger partial charge in [-0.2, -0.15) is 4.31 Å². The molecule has 4 rings (SSSR count). The number of carbonyl (C=O) groups excluding carboxylic acids is 1. The number of fused-ring (bicyclic) bond motifs is 1. The molecule has 1 amide bonds. The number of thiazole rings is 1. The molecule has 0 unspecified atom stereocenters. The molecule has 1 fully saturated rings. The van der Waals surface area contributed by atoms with Gasteiger partial charge >= 0.3 is 0 Å². The minimum absolute atomic E-state index is 0.0761. The van der Waals surface area contributed by atoms with Gasteiger partial charge in [-0.15, -0.1) is 0 Å². The molecule has 1 aromatic heterocycles. The number of hydrogen-bond donors (Lipinski definition) is 0. The Kier molecular flexibility index (Phi) is 6.80. The van der Waals surface area contributed by atoms with Crippen LogP contribution in [0.15, 0.2) is 41.3 Å². The van der Waals surface area contributed by atoms with Gasteiger partial charge in [0.1, 0.15) is 0 Å². The third kappa shape index (κ3) is 4.93. The van der Waals surface area contributed by atoms with Crippen molar-refractivity contribution in [1.29, 1.82) is 0 Å². The van der Waals surface area contributed by atoms with Gasteiger partial charge in [0.2, 0.25) is 10.0 Å². The Hall–Kier alpha value is -2.04. The number of likely N-dealkylation sites (N-methyl/N-ethyl adjacent to an activating group) is 1. The molecule has 7 nitrogen and oxygen atoms in total. The highest BCUT2D eigenvalue weighted by Crippen LogP contribution is 2.36. The number of aryl methyl sites for hydroxylation is 1. The minimum atomic E-state index is -3.56. The van der Waals surface area contributed by atoms with Crippen LogP contribution in [0.3, 0.4) is 0 Å². The van der Waals surface area contributed by atoms with Crippen molar-refractivity contribution in [1.82, 2.24) is 14.2 Å². The molecule has 176 valence electrons. The maximum Gasteiger partial charge on any atom is 0.260 e. The summed E-state index contributed by atoms with van der Waals surface area (Å²) in [6, 6.07) is 9.99. The van der Waals surface area contributed by atoms with Crippen LogP contribution in [0.1, 0.15) is 28.8 Å². The molecular weight excluding hydrogens is 480 g/mol. The normalized spacial score (nSPS) is 14.4. The highest BCUT2D eigenvalue weighted by molar-refractivity contribution is 7.89. The summed E-state index contributed by atoms with van der Waals surface area (Å²) in [5.41, 5.74) is 2.19. The highest BCUT2D eigenvalue weighted by Gasteiger charge is 2.35. The number of anilines is 1. The number of nitrogens with zero attached hydrogens (tertiary/aromatic N) is 4. The summed E-state index contributed by atoms with van der Waals surface area (Å²) < 4.78 is 27.9. The molecule has 0 spiro atoms. The molecule has 3 aromatic rings. The molecule has 0 saturated heterocycles. The number of carbonyl (C=O) groups is 1. The number of halogens is 1. The Morgan fingerprint density at radius 3 is 2.33 bits per heavy atom. The van der Waals surface area contributed by atoms with Crippen LogP contribution < -0.4 is 4.90 Å². The maximum atomic E-state index is 13.5. The van der Waals surface area contributed by atoms with E-state index >= 15 is 0 Å². The molecule has 33 heavy (non-hydrogen) atoms. The molecule has 2 aromatic carbocycles. The molecule has 1 aliphatic carbocycles. The van der Waals surface area contributed by atoms with Gasteiger partial charge < -0.3 is 4.90 Å². The first kappa shape index (κ1) is 24.1. The lowest BCUT2D eigenvalue weighted by atomic mass is 10.2. The van der Waals surface area contributed by atoms with Crippen LogP contribution in [0.2, 0.25) is 5.02 Å². The number of rotatable bonds is 8. The van der Waals surface area contributed by atoms with E-state index in [0.29, 0.717) is 28.8 Å². The largest absolute Gasteiger partial charge is 0.308 e. The maximum absolute atomic E-state index is 13.5. The molecule has 0 bridgehead atoms. The Balaban J connectivity index is 1.66. The van der Waals surface area contributed by atoms with Gasteiger partial charge in [0, 0.05) is 31.7 Å². The Morgan fingerprint density at radius 2 is 1.76 bits per heavy atom. The van der Waals surface area contributed by atoms with Gasteiger partial charge in [-0.3, -0.25) is 9.69 Å². The second kappa shape index (κ2) is 9.31. The minimum Gasteiger partial charge on any atom is -0.308 e. The van der Waals surface area contributed by atoms with Crippen LogP contribution >= 0.6 is 22.9 Å². The fourth-order valence-corrected chi connectivity index (χ4v) is 6.27. The molecule has 1 aliphatic rings. The van der Waals surface area contributed by atoms with Gasteiger partial charge in [-0.05, 0) is 69.8 Å². The van der Waals surface area contributed by atoms with Crippen LogP contribution in [-0.2, 0) is 10.0 Å². The fraction of sp³-hybridized carbons (Fsp3) is 0.391. The van der Waals surface area contributed by atoms with Gasteiger partial charge in [0.25, 0.3) is 5.91 Å². The smallest absolute Gasteiger partial charge is 0.260 e. The van der Waals surface area contributed by atoms with E-state index in [4.69, 9.17) is 16.6 Å². The second-order valence-electron chi connectivity index (χ2n) is 8.58. The van der Waals surface area contributed by atoms with Crippen molar-refractivity contribution in [3.8, 4) is 0 Å². The number of benzene rings is 2. The molecule has 0 aliphatic heterocycles. The number of amides is 1. The fourth-order valence-electron chi connectivity index (χ4n) is 3.52. The van der Waals surface area contributed by atoms with E-state index < -0.39 is 10.0 Å². The lowest BCUT2D eigenvalue weighted by molar-refractivity contribution is 0.0985. The highest BCUT2D eigenvalue weighted by atomic mass is 35.5. The number of sulfonamides is 1. The zero-order valence-corrected chi connectivity index (χ0v) is 21.5. The average Bonchev–Trinajstić information content (AvgIpc) is 3.53. The second-order valence-corrected chi connectivity index (χ2v) is 12.0. The standard InChI is InChI=1S/C23H27ClN4O3S2/c1-15-5-12-19(24)21-20(15)25-23(32-21)28(14-13-26(2)3)22(29)16-6-10-18(11-7-16)33(30,31)27(4)17-8-9-17/h5-7,10-12,17H,8-9,13-14H2,1-4H3. The molecule has 10 heteroatoms. The van der Waals surface area contributed by atoms with E-state index in [1.807, 2.05) is 38.1 Å². The van der Waals surface area contributed by atoms with E-state index in [1.54, 1.807) is 24.1 Å². The van der Waals surface area contributed by atoms with E-state index in [-0.39, 0.29) is 16.8 Å². The Morgan fingerprint density at radius 1 is 1.09 bits per heavy atom. The van der Waals surface area contributed by atoms with E-state index in [2.05, 4.69) is 0 Å². The van der Waals surface area contributed by atoms with Crippen molar-refractivity contribution in [2.45, 2.75) is 30.7 Å². The van der Waals surface area contributed by atoms with Gasteiger partial charge in [0.15, 0.2) is 5.13 Å². The monoisotopic (exact) mass is 506 g/mol. The zero-order valence-electron chi connectivity index (χ0n) is 19.1. The first-order valence-electron chi connectivity index (χ1n) is 10.7. The van der Waals surface area contributed by atoms with E-state index in [1.165, 1.54) is 27.8 Å². The summed E-state index contributed by atoms with van der Waals surface area (Å²) in [4.78, 5) is 22.0. The topological polar surface area (TPSA) is 73.8 Å². The average molecular weight is 507 g/mol. The van der Waals surface area contributed by atoms with Crippen molar-refractivity contribution in [2.24, 2.45) is 0 Å². The Labute approximate surface area is 203 Å². The predicted octanol–water partition coefficient (Wildman–Crippen LogP) is 4.25. The first-order chi connectivity index (χ1) is 15.6. The van der Waals surface area contributed by atoms with E-state index in [9.17, 15) is 13.2 Å². The van der Waals surface area contributed by atoms with Crippen LogP contribution in [-0.4, -0.2) is 68.8 Å². The molecule has 1 saturated carbocycles. The summed E-state index contributed by atoms with van der Waals surface area (Å²) in [5.74, 6) is -0.232. The molecule has 1 heterocycles. The van der Waals surface area contributed by atoms with Crippen molar-refractivity contribution in [3.05, 3.63) is 52.5 Å². The SMILES string of the molecule is Cc1ccc(Cl)c2sc(N(CCN(C)C)C(=O)c3ccc(S(=O)(=O)N(C)C4CC4)cc3)nc12. The zero-order chi connectivity index (χ0) is 23.9. The molecule has 0 radical (unpaired) electrons. The van der Waals surface area contributed by atoms with Crippen molar-refractivity contribution in [3.63, 3.8) is 0 Å². The number of aromatic nitrogens is 1. The third-order valence-electron chi connectivity index (χ3n) is 5.77. The summed E-state index contributed by atoms with van der Waals surface area (Å²) in [6.45, 7) is 3.05. The summed E-state index contributed by atoms with van der Waals surface area (Å²) in [6.07, 6.45) is 1.78. The molecular formula is C23H27ClN4O3S2. The number of hydrogen-bond acceptors (Lipinski definition) is 6. The summed E-state index contributed by atoms with van der Waals surface area (Å²) in [7, 11) is 1.93. The Bertz CT molecular complexity index is 1250. The molecule has 0 N–H and O–H groups in total. The van der Waals surface area contributed by atoms with Crippen molar-refractivity contribution in [2.75, 3.05) is 39.1 Å². The van der Waals surface area contributed by atoms with Gasteiger partial charge in [0.05, 0.1) is 20.1 Å². The first-order valence-corrected chi connectivity index (χ1v) is 13.3. The summed E-state index contributed by atoms with van der Waals surface area (Å²) >= 11 is 7.76. The lowest BCUT2D eigenvalue weighted by Crippen LogP contribution is -2.36. The van der Waals surface area contributed by atoms with E-state index in [0.717, 1.165) is 28.6 Å². The van der Waals surface area contributed by atoms with Gasteiger partial charge in [-0.1, -0.05) is 29.0 Å².